The van der Waals surface area contributed by atoms with E-state index in [4.69, 9.17) is 9.47 Å². The Kier molecular flexibility index (Phi) is 16.9. The second-order valence-electron chi connectivity index (χ2n) is 9.49. The maximum absolute atomic E-state index is 10.3. The van der Waals surface area contributed by atoms with E-state index in [9.17, 15) is 10.2 Å². The molecule has 34 heavy (non-hydrogen) atoms. The molecule has 0 amide bonds. The van der Waals surface area contributed by atoms with Crippen molar-refractivity contribution in [2.45, 2.75) is 122 Å². The Morgan fingerprint density at radius 1 is 0.735 bits per heavy atom. The lowest BCUT2D eigenvalue weighted by molar-refractivity contribution is 0.0890. The number of hydrogen-bond donors (Lipinski definition) is 2. The lowest BCUT2D eigenvalue weighted by Gasteiger charge is -2.20. The van der Waals surface area contributed by atoms with E-state index in [2.05, 4.69) is 39.2 Å². The molecule has 0 aliphatic heterocycles. The molecule has 0 radical (unpaired) electrons. The highest BCUT2D eigenvalue weighted by atomic mass is 28.3. The third-order valence-corrected chi connectivity index (χ3v) is 11.6. The number of benzene rings is 1. The third-order valence-electron chi connectivity index (χ3n) is 6.82. The molecule has 0 saturated heterocycles. The van der Waals surface area contributed by atoms with Gasteiger partial charge in [-0.1, -0.05) is 91.2 Å². The van der Waals surface area contributed by atoms with Crippen LogP contribution in [0.3, 0.4) is 0 Å². The van der Waals surface area contributed by atoms with Crippen molar-refractivity contribution in [3.8, 4) is 23.0 Å². The van der Waals surface area contributed by atoms with Crippen LogP contribution >= 0.6 is 0 Å². The molecule has 1 aromatic carbocycles. The highest BCUT2D eigenvalue weighted by Crippen LogP contribution is 2.27. The van der Waals surface area contributed by atoms with Gasteiger partial charge in [-0.05, 0) is 36.7 Å². The quantitative estimate of drug-likeness (QED) is 0.123. The summed E-state index contributed by atoms with van der Waals surface area (Å²) in [5.41, 5.74) is 3.51. The van der Waals surface area contributed by atoms with E-state index in [0.29, 0.717) is 17.9 Å². The van der Waals surface area contributed by atoms with Gasteiger partial charge in [0.25, 0.3) is 0 Å². The fraction of sp³-hybridized carbons (Fsp3) is 0.724. The van der Waals surface area contributed by atoms with Gasteiger partial charge in [-0.15, -0.1) is 11.5 Å². The third kappa shape index (κ3) is 12.8. The Balaban J connectivity index is 2.36. The Labute approximate surface area is 210 Å². The summed E-state index contributed by atoms with van der Waals surface area (Å²) in [5, 5.41) is 20.6. The van der Waals surface area contributed by atoms with Gasteiger partial charge in [0.2, 0.25) is 0 Å². The molecule has 0 bridgehead atoms. The fourth-order valence-corrected chi connectivity index (χ4v) is 6.60. The second-order valence-corrected chi connectivity index (χ2v) is 14.4. The lowest BCUT2D eigenvalue weighted by Crippen LogP contribution is -2.29. The van der Waals surface area contributed by atoms with Crippen molar-refractivity contribution in [1.29, 1.82) is 0 Å². The van der Waals surface area contributed by atoms with E-state index in [-0.39, 0.29) is 13.2 Å². The molecule has 2 N–H and O–H groups in total. The minimum absolute atomic E-state index is 0.175. The van der Waals surface area contributed by atoms with Crippen molar-refractivity contribution < 1.29 is 19.7 Å². The van der Waals surface area contributed by atoms with Gasteiger partial charge in [-0.2, -0.15) is 0 Å². The van der Waals surface area contributed by atoms with Crippen LogP contribution in [0.1, 0.15) is 91.9 Å². The fourth-order valence-electron chi connectivity index (χ4n) is 4.09. The van der Waals surface area contributed by atoms with E-state index in [1.807, 2.05) is 24.3 Å². The van der Waals surface area contributed by atoms with E-state index >= 15 is 0 Å². The number of rotatable bonds is 19. The van der Waals surface area contributed by atoms with Crippen LogP contribution in [0.25, 0.3) is 0 Å². The first kappa shape index (κ1) is 30.5. The zero-order valence-electron chi connectivity index (χ0n) is 22.3. The number of aliphatic hydroxyl groups excluding tert-OH is 2. The molecule has 2 atom stereocenters. The van der Waals surface area contributed by atoms with Crippen molar-refractivity contribution >= 4 is 8.07 Å². The molecule has 0 heterocycles. The molecular weight excluding hydrogens is 440 g/mol. The first-order valence-corrected chi connectivity index (χ1v) is 16.3. The summed E-state index contributed by atoms with van der Waals surface area (Å²) in [6.07, 6.45) is 10.1. The van der Waals surface area contributed by atoms with Gasteiger partial charge in [0.15, 0.2) is 11.5 Å². The zero-order valence-corrected chi connectivity index (χ0v) is 23.3. The van der Waals surface area contributed by atoms with E-state index in [1.54, 1.807) is 0 Å². The minimum Gasteiger partial charge on any atom is -0.487 e. The average molecular weight is 491 g/mol. The van der Waals surface area contributed by atoms with Crippen molar-refractivity contribution in [3.63, 3.8) is 0 Å². The number of aliphatic hydroxyl groups is 2. The largest absolute Gasteiger partial charge is 0.487 e. The van der Waals surface area contributed by atoms with E-state index < -0.39 is 20.3 Å². The molecule has 0 fully saturated rings. The molecule has 5 heteroatoms. The van der Waals surface area contributed by atoms with Crippen molar-refractivity contribution in [3.05, 3.63) is 24.3 Å². The molecule has 1 rings (SSSR count). The molecule has 0 saturated carbocycles. The minimum atomic E-state index is -1.48. The van der Waals surface area contributed by atoms with Crippen LogP contribution in [-0.2, 0) is 0 Å². The molecule has 2 unspecified atom stereocenters. The Morgan fingerprint density at radius 3 is 1.76 bits per heavy atom. The van der Waals surface area contributed by atoms with E-state index in [1.165, 1.54) is 44.9 Å². The molecule has 0 aliphatic rings. The van der Waals surface area contributed by atoms with Gasteiger partial charge in [0.05, 0.1) is 12.2 Å². The first-order valence-electron chi connectivity index (χ1n) is 13.7. The summed E-state index contributed by atoms with van der Waals surface area (Å²) in [5.74, 6) is 4.42. The summed E-state index contributed by atoms with van der Waals surface area (Å²) < 4.78 is 11.7. The monoisotopic (exact) mass is 490 g/mol. The topological polar surface area (TPSA) is 58.9 Å². The second kappa shape index (κ2) is 18.8. The average Bonchev–Trinajstić information content (AvgIpc) is 2.86. The normalized spacial score (nSPS) is 13.1. The molecule has 1 aromatic rings. The predicted octanol–water partition coefficient (Wildman–Crippen LogP) is 7.14. The molecule has 4 nitrogen and oxygen atoms in total. The van der Waals surface area contributed by atoms with Gasteiger partial charge in [-0.3, -0.25) is 0 Å². The van der Waals surface area contributed by atoms with Crippen molar-refractivity contribution in [2.75, 3.05) is 13.2 Å². The van der Waals surface area contributed by atoms with Crippen LogP contribution in [0.5, 0.6) is 11.5 Å². The van der Waals surface area contributed by atoms with Gasteiger partial charge in [0, 0.05) is 6.42 Å². The lowest BCUT2D eigenvalue weighted by atomic mass is 10.1. The predicted molar refractivity (Wildman–Crippen MR) is 146 cm³/mol. The summed E-state index contributed by atoms with van der Waals surface area (Å²) in [6, 6.07) is 10.9. The van der Waals surface area contributed by atoms with Gasteiger partial charge >= 0.3 is 0 Å². The highest BCUT2D eigenvalue weighted by molar-refractivity contribution is 6.87. The first-order chi connectivity index (χ1) is 16.5. The van der Waals surface area contributed by atoms with Crippen LogP contribution in [0.4, 0.5) is 0 Å². The molecular formula is C29H50O4Si. The van der Waals surface area contributed by atoms with Crippen LogP contribution in [-0.4, -0.2) is 43.7 Å². The Bertz CT molecular complexity index is 685. The molecule has 0 spiro atoms. The smallest absolute Gasteiger partial charge is 0.161 e. The maximum Gasteiger partial charge on any atom is 0.161 e. The summed E-state index contributed by atoms with van der Waals surface area (Å²) in [6.45, 7) is 9.37. The van der Waals surface area contributed by atoms with Gasteiger partial charge in [0.1, 0.15) is 21.3 Å². The Morgan fingerprint density at radius 2 is 1.24 bits per heavy atom. The van der Waals surface area contributed by atoms with Crippen LogP contribution < -0.4 is 9.47 Å². The Hall–Kier alpha value is -1.48. The summed E-state index contributed by atoms with van der Waals surface area (Å²) in [4.78, 5) is 0. The van der Waals surface area contributed by atoms with Crippen LogP contribution in [0.2, 0.25) is 18.1 Å². The number of unbranched alkanes of at least 4 members (excludes halogenated alkanes) is 7. The highest BCUT2D eigenvalue weighted by Gasteiger charge is 2.24. The number of para-hydroxylation sites is 2. The summed E-state index contributed by atoms with van der Waals surface area (Å²) >= 11 is 0. The summed E-state index contributed by atoms with van der Waals surface area (Å²) in [7, 11) is -1.48. The maximum atomic E-state index is 10.3. The van der Waals surface area contributed by atoms with Gasteiger partial charge in [-0.25, -0.2) is 0 Å². The number of hydrogen-bond acceptors (Lipinski definition) is 4. The SMILES string of the molecule is CCCCCCCCCCC(O)COc1ccccc1OCC(O)CC#C[Si](CC)(CC)CC. The van der Waals surface area contributed by atoms with Crippen molar-refractivity contribution in [2.24, 2.45) is 0 Å². The van der Waals surface area contributed by atoms with E-state index in [0.717, 1.165) is 31.0 Å². The molecule has 0 aromatic heterocycles. The van der Waals surface area contributed by atoms with Crippen LogP contribution in [0, 0.1) is 11.5 Å². The van der Waals surface area contributed by atoms with Crippen molar-refractivity contribution in [1.82, 2.24) is 0 Å². The van der Waals surface area contributed by atoms with Crippen LogP contribution in [0.15, 0.2) is 24.3 Å². The van der Waals surface area contributed by atoms with Gasteiger partial charge < -0.3 is 19.7 Å². The zero-order chi connectivity index (χ0) is 25.1. The standard InChI is InChI=1S/C29H50O4Si/c1-5-9-10-11-12-13-14-15-19-26(30)24-32-28-21-16-17-22-29(28)33-25-27(31)20-18-23-34(6-2,7-3)8-4/h16-17,21-22,26-27,30-31H,5-15,19-20,24-25H2,1-4H3. The molecule has 194 valence electrons. The molecule has 0 aliphatic carbocycles. The number of ether oxygens (including phenoxy) is 2.